The predicted octanol–water partition coefficient (Wildman–Crippen LogP) is 9.56. The molecule has 3 aliphatic rings. The number of methoxy groups -OCH3 is 1. The summed E-state index contributed by atoms with van der Waals surface area (Å²) in [5, 5.41) is 54.6. The third-order valence-electron chi connectivity index (χ3n) is 17.0. The largest absolute Gasteiger partial charge is 0.459 e. The van der Waals surface area contributed by atoms with Crippen LogP contribution in [-0.4, -0.2) is 173 Å². The van der Waals surface area contributed by atoms with Gasteiger partial charge in [0.1, 0.15) is 35.1 Å². The summed E-state index contributed by atoms with van der Waals surface area (Å²) >= 11 is 0. The monoisotopic (exact) mass is 1300 g/mol. The third-order valence-corrected chi connectivity index (χ3v) is 17.5. The molecule has 512 valence electrons. The molecular formula is C63H109ClN6O18S. The number of likely N-dealkylation sites (N-methyl/N-ethyl adjacent to an activating group) is 1. The Morgan fingerprint density at radius 3 is 1.93 bits per heavy atom. The molecule has 24 nitrogen and oxygen atoms in total. The number of hydrogen-bond acceptors (Lipinski definition) is 23. The Morgan fingerprint density at radius 1 is 0.798 bits per heavy atom. The Labute approximate surface area is 535 Å². The van der Waals surface area contributed by atoms with Crippen LogP contribution >= 0.6 is 12.4 Å². The summed E-state index contributed by atoms with van der Waals surface area (Å²) in [6.45, 7) is 20.3. The lowest BCUT2D eigenvalue weighted by atomic mass is 9.74. The van der Waals surface area contributed by atoms with Gasteiger partial charge in [-0.3, -0.25) is 18.9 Å². The molecule has 0 bridgehead atoms. The average molecular weight is 1310 g/mol. The van der Waals surface area contributed by atoms with E-state index in [4.69, 9.17) is 49.2 Å². The maximum Gasteiger partial charge on any atom is 0.397 e. The van der Waals surface area contributed by atoms with Crippen LogP contribution in [0.1, 0.15) is 179 Å². The van der Waals surface area contributed by atoms with Gasteiger partial charge >= 0.3 is 22.3 Å². The van der Waals surface area contributed by atoms with E-state index in [2.05, 4.69) is 26.3 Å². The van der Waals surface area contributed by atoms with Crippen LogP contribution < -0.4 is 11.5 Å². The SMILES string of the molecule is CCC(=O)OC1C(OC2C(C)C(OC3CC(C)(OC)C(O)C(C)O3)C(C)C(=O)OC(CC)C(C)(O)C(O)C(C)C(=O)C(C)CC2(C)O)OC(C)CC1N(C)C.CCCCCCCCCCCCOS(=O)(=O)O.Cl.Nc1ccc(N=Nc2ccccc2)c(N)n1. The highest BCUT2D eigenvalue weighted by Gasteiger charge is 2.54. The number of ketones is 1. The van der Waals surface area contributed by atoms with Crippen molar-refractivity contribution < 1.29 is 85.1 Å². The zero-order chi connectivity index (χ0) is 66.3. The Bertz CT molecular complexity index is 2560. The first-order chi connectivity index (χ1) is 41.2. The minimum atomic E-state index is -4.23. The molecule has 0 spiro atoms. The van der Waals surface area contributed by atoms with E-state index in [1.54, 1.807) is 60.6 Å². The van der Waals surface area contributed by atoms with Crippen LogP contribution in [0.5, 0.6) is 0 Å². The number of nitrogen functional groups attached to an aromatic ring is 2. The molecule has 0 amide bonds. The summed E-state index contributed by atoms with van der Waals surface area (Å²) in [5.41, 5.74) is 7.47. The number of aromatic nitrogens is 1. The molecule has 4 heterocycles. The predicted molar refractivity (Wildman–Crippen MR) is 341 cm³/mol. The number of rotatable bonds is 23. The second kappa shape index (κ2) is 38.2. The number of carbonyl (C=O) groups excluding carboxylic acids is 3. The fourth-order valence-electron chi connectivity index (χ4n) is 11.7. The van der Waals surface area contributed by atoms with Crippen LogP contribution in [-0.2, 0) is 62.1 Å². The summed E-state index contributed by atoms with van der Waals surface area (Å²) in [4.78, 5) is 46.8. The Morgan fingerprint density at radius 2 is 1.39 bits per heavy atom. The number of anilines is 2. The van der Waals surface area contributed by atoms with Gasteiger partial charge in [0.25, 0.3) is 0 Å². The fraction of sp³-hybridized carbons (Fsp3) is 0.778. The van der Waals surface area contributed by atoms with Gasteiger partial charge in [0, 0.05) is 37.7 Å². The van der Waals surface area contributed by atoms with Crippen LogP contribution in [0, 0.1) is 23.7 Å². The number of nitrogens with two attached hydrogens (primary N) is 2. The van der Waals surface area contributed by atoms with Crippen molar-refractivity contribution in [1.29, 1.82) is 0 Å². The van der Waals surface area contributed by atoms with Gasteiger partial charge in [-0.1, -0.05) is 118 Å². The van der Waals surface area contributed by atoms with Crippen molar-refractivity contribution in [3.63, 3.8) is 0 Å². The zero-order valence-corrected chi connectivity index (χ0v) is 57.0. The van der Waals surface area contributed by atoms with E-state index in [1.165, 1.54) is 72.8 Å². The number of aliphatic hydroxyl groups excluding tert-OH is 2. The molecule has 89 heavy (non-hydrogen) atoms. The van der Waals surface area contributed by atoms with Crippen LogP contribution in [0.2, 0.25) is 0 Å². The number of unbranched alkanes of at least 4 members (excludes halogenated alkanes) is 9. The Hall–Kier alpha value is -4.06. The lowest BCUT2D eigenvalue weighted by Crippen LogP contribution is -2.61. The first-order valence-electron chi connectivity index (χ1n) is 31.4. The summed E-state index contributed by atoms with van der Waals surface area (Å²) in [6, 6.07) is 12.4. The van der Waals surface area contributed by atoms with E-state index in [0.717, 1.165) is 18.5 Å². The fourth-order valence-corrected chi connectivity index (χ4v) is 12.0. The van der Waals surface area contributed by atoms with E-state index in [1.807, 2.05) is 56.3 Å². The van der Waals surface area contributed by atoms with Crippen molar-refractivity contribution in [3.8, 4) is 0 Å². The normalized spacial score (nSPS) is 33.2. The van der Waals surface area contributed by atoms with Crippen molar-refractivity contribution >= 4 is 63.5 Å². The third kappa shape index (κ3) is 25.4. The number of Topliss-reactive ketones (excluding diaryl/α,β-unsaturated/α-hetero) is 1. The maximum atomic E-state index is 14.2. The number of ether oxygens (including phenoxy) is 7. The number of benzene rings is 1. The van der Waals surface area contributed by atoms with Crippen LogP contribution in [0.15, 0.2) is 52.7 Å². The quantitative estimate of drug-likeness (QED) is 0.0235. The molecular weight excluding hydrogens is 1200 g/mol. The lowest BCUT2D eigenvalue weighted by molar-refractivity contribution is -0.319. The molecule has 9 N–H and O–H groups in total. The van der Waals surface area contributed by atoms with Crippen molar-refractivity contribution in [2.45, 2.75) is 264 Å². The summed E-state index contributed by atoms with van der Waals surface area (Å²) < 4.78 is 76.6. The number of cyclic esters (lactones) is 1. The topological polar surface area (TPSA) is 353 Å². The molecule has 1 aromatic carbocycles. The maximum absolute atomic E-state index is 14.2. The number of halogens is 1. The zero-order valence-electron chi connectivity index (χ0n) is 55.3. The minimum Gasteiger partial charge on any atom is -0.459 e. The molecule has 3 aliphatic heterocycles. The average Bonchev–Trinajstić information content (AvgIpc) is 0.924. The highest BCUT2D eigenvalue weighted by Crippen LogP contribution is 2.41. The number of hydrogen-bond donors (Lipinski definition) is 7. The molecule has 3 saturated heterocycles. The highest BCUT2D eigenvalue weighted by molar-refractivity contribution is 7.80. The first-order valence-corrected chi connectivity index (χ1v) is 32.7. The van der Waals surface area contributed by atoms with Crippen LogP contribution in [0.25, 0.3) is 0 Å². The number of aliphatic hydroxyl groups is 4. The molecule has 18 atom stereocenters. The van der Waals surface area contributed by atoms with Gasteiger partial charge in [-0.05, 0) is 106 Å². The number of carbonyl (C=O) groups is 3. The second-order valence-corrected chi connectivity index (χ2v) is 26.0. The van der Waals surface area contributed by atoms with Crippen molar-refractivity contribution in [1.82, 2.24) is 9.88 Å². The molecule has 2 aromatic rings. The number of azo groups is 1. The highest BCUT2D eigenvalue weighted by atomic mass is 35.5. The van der Waals surface area contributed by atoms with Gasteiger partial charge in [0.2, 0.25) is 0 Å². The smallest absolute Gasteiger partial charge is 0.397 e. The van der Waals surface area contributed by atoms with Gasteiger partial charge in [-0.2, -0.15) is 13.5 Å². The van der Waals surface area contributed by atoms with E-state index < -0.39 is 124 Å². The van der Waals surface area contributed by atoms with Crippen molar-refractivity contribution in [2.75, 3.05) is 39.3 Å². The molecule has 3 fully saturated rings. The van der Waals surface area contributed by atoms with Crippen molar-refractivity contribution in [3.05, 3.63) is 42.5 Å². The van der Waals surface area contributed by atoms with E-state index in [9.17, 15) is 43.2 Å². The Balaban J connectivity index is 0.000000639. The van der Waals surface area contributed by atoms with Crippen molar-refractivity contribution in [2.24, 2.45) is 33.9 Å². The van der Waals surface area contributed by atoms with Gasteiger partial charge in [0.15, 0.2) is 24.5 Å². The molecule has 0 saturated carbocycles. The van der Waals surface area contributed by atoms with Gasteiger partial charge < -0.3 is 70.0 Å². The molecule has 26 heteroatoms. The second-order valence-electron chi connectivity index (χ2n) is 24.9. The Kier molecular flexibility index (Phi) is 34.8. The van der Waals surface area contributed by atoms with Crippen LogP contribution in [0.3, 0.4) is 0 Å². The molecule has 1 aromatic heterocycles. The summed E-state index contributed by atoms with van der Waals surface area (Å²) in [6.07, 6.45) is 2.17. The summed E-state index contributed by atoms with van der Waals surface area (Å²) in [5.74, 6) is -4.94. The summed E-state index contributed by atoms with van der Waals surface area (Å²) in [7, 11) is 0.973. The molecule has 0 aliphatic carbocycles. The number of pyridine rings is 1. The van der Waals surface area contributed by atoms with Gasteiger partial charge in [-0.25, -0.2) is 9.17 Å². The standard InChI is InChI=1S/C40H71NO14.C12H26O4S.C11H11N5.ClH/c1-15-27-40(11,48)33(44)22(5)30(43)20(3)18-38(9,47)35(55-37-32(53-28(42)16-2)26(41(12)13)17-21(4)50-37)23(6)31(24(7)36(46)52-27)54-29-19-39(10,49-14)34(45)25(8)51-29;1-2-3-4-5-6-7-8-9-10-11-12-16-17(13,14)15;12-10-7-6-9(11(13)14-10)16-15-8-4-2-1-3-5-8;/h20-27,29,31-35,37,44-45,47-48H,15-19H2,1-14H3;2-12H2,1H3,(H,13,14,15);1-7H,(H4,12,13,14);1H. The van der Waals surface area contributed by atoms with E-state index >= 15 is 0 Å². The first kappa shape index (κ1) is 81.0. The molecule has 0 radical (unpaired) electrons. The molecule has 18 unspecified atom stereocenters. The molecule has 5 rings (SSSR count). The number of esters is 2. The van der Waals surface area contributed by atoms with Gasteiger partial charge in [0.05, 0.1) is 66.0 Å². The van der Waals surface area contributed by atoms with E-state index in [0.29, 0.717) is 24.3 Å². The van der Waals surface area contributed by atoms with Gasteiger partial charge in [-0.15, -0.1) is 17.5 Å². The minimum absolute atomic E-state index is 0. The van der Waals surface area contributed by atoms with Crippen LogP contribution in [0.4, 0.5) is 23.0 Å². The van der Waals surface area contributed by atoms with E-state index in [-0.39, 0.29) is 62.7 Å². The lowest BCUT2D eigenvalue weighted by Gasteiger charge is -2.49. The number of nitrogens with zero attached hydrogens (tertiary/aromatic N) is 4.